The van der Waals surface area contributed by atoms with Crippen molar-refractivity contribution in [1.29, 1.82) is 0 Å². The van der Waals surface area contributed by atoms with Gasteiger partial charge in [-0.2, -0.15) is 0 Å². The number of hydrogen-bond donors (Lipinski definition) is 2. The molecule has 0 aliphatic carbocycles. The zero-order chi connectivity index (χ0) is 13.8. The summed E-state index contributed by atoms with van der Waals surface area (Å²) in [6.45, 7) is -0.458. The normalized spacial score (nSPS) is 10.8. The molecule has 0 fully saturated rings. The van der Waals surface area contributed by atoms with Crippen molar-refractivity contribution in [3.63, 3.8) is 0 Å². The van der Waals surface area contributed by atoms with Gasteiger partial charge in [0, 0.05) is 11.3 Å². The van der Waals surface area contributed by atoms with Crippen LogP contribution in [-0.2, 0) is 4.79 Å². The highest BCUT2D eigenvalue weighted by Crippen LogP contribution is 2.26. The number of ether oxygens (including phenoxy) is 1. The van der Waals surface area contributed by atoms with Crippen LogP contribution in [0.5, 0.6) is 5.75 Å². The highest BCUT2D eigenvalue weighted by molar-refractivity contribution is 5.86. The lowest BCUT2D eigenvalue weighted by molar-refractivity contribution is -0.274. The van der Waals surface area contributed by atoms with E-state index >= 15 is 0 Å². The number of nitrogens with one attached hydrogen (secondary N) is 1. The Labute approximate surface area is 99.2 Å². The average molecular weight is 263 g/mol. The average Bonchev–Trinajstić information content (AvgIpc) is 2.24. The van der Waals surface area contributed by atoms with E-state index in [2.05, 4.69) is 10.1 Å². The molecular weight excluding hydrogens is 255 g/mol. The number of carbonyl (C=O) groups is 2. The molecule has 0 aromatic heterocycles. The van der Waals surface area contributed by atoms with Crippen LogP contribution < -0.4 is 10.1 Å². The molecule has 0 saturated heterocycles. The van der Waals surface area contributed by atoms with Crippen LogP contribution in [0, 0.1) is 0 Å². The Balaban J connectivity index is 2.89. The van der Waals surface area contributed by atoms with E-state index in [4.69, 9.17) is 5.11 Å². The second kappa shape index (κ2) is 5.39. The predicted molar refractivity (Wildman–Crippen MR) is 54.6 cm³/mol. The number of aliphatic carboxylic acids is 1. The van der Waals surface area contributed by atoms with Crippen molar-refractivity contribution in [2.24, 2.45) is 0 Å². The number of anilines is 1. The number of halogens is 3. The zero-order valence-corrected chi connectivity index (χ0v) is 8.82. The van der Waals surface area contributed by atoms with Crippen molar-refractivity contribution in [1.82, 2.24) is 0 Å². The Hall–Kier alpha value is -2.25. The number of alkyl halides is 3. The lowest BCUT2D eigenvalue weighted by Gasteiger charge is -2.11. The first-order chi connectivity index (χ1) is 8.31. The highest BCUT2D eigenvalue weighted by atomic mass is 19.4. The largest absolute Gasteiger partial charge is 0.573 e. The fraction of sp³-hybridized carbons (Fsp3) is 0.200. The third kappa shape index (κ3) is 4.32. The quantitative estimate of drug-likeness (QED) is 0.793. The molecule has 1 aromatic rings. The van der Waals surface area contributed by atoms with Crippen LogP contribution in [0.25, 0.3) is 0 Å². The molecule has 98 valence electrons. The highest BCUT2D eigenvalue weighted by Gasteiger charge is 2.31. The Morgan fingerprint density at radius 2 is 2.11 bits per heavy atom. The molecule has 0 atom stereocenters. The van der Waals surface area contributed by atoms with Crippen LogP contribution >= 0.6 is 0 Å². The van der Waals surface area contributed by atoms with Crippen LogP contribution in [0.2, 0.25) is 0 Å². The van der Waals surface area contributed by atoms with E-state index in [0.717, 1.165) is 18.2 Å². The molecule has 0 radical (unpaired) electrons. The van der Waals surface area contributed by atoms with E-state index in [0.29, 0.717) is 6.29 Å². The van der Waals surface area contributed by atoms with Gasteiger partial charge < -0.3 is 15.2 Å². The molecule has 0 spiro atoms. The van der Waals surface area contributed by atoms with Gasteiger partial charge in [0.25, 0.3) is 0 Å². The smallest absolute Gasteiger partial charge is 0.480 e. The fourth-order valence-electron chi connectivity index (χ4n) is 1.17. The van der Waals surface area contributed by atoms with Crippen molar-refractivity contribution in [3.05, 3.63) is 23.8 Å². The Kier molecular flexibility index (Phi) is 4.13. The van der Waals surface area contributed by atoms with Gasteiger partial charge in [-0.15, -0.1) is 13.2 Å². The number of hydrogen-bond acceptors (Lipinski definition) is 4. The Morgan fingerprint density at radius 1 is 1.44 bits per heavy atom. The lowest BCUT2D eigenvalue weighted by atomic mass is 10.2. The summed E-state index contributed by atoms with van der Waals surface area (Å²) in [7, 11) is 0. The van der Waals surface area contributed by atoms with E-state index in [9.17, 15) is 22.8 Å². The molecule has 0 unspecified atom stereocenters. The molecule has 0 amide bonds. The molecule has 0 heterocycles. The summed E-state index contributed by atoms with van der Waals surface area (Å²) in [5.74, 6) is -1.71. The fourth-order valence-corrected chi connectivity index (χ4v) is 1.17. The van der Waals surface area contributed by atoms with E-state index in [1.54, 1.807) is 0 Å². The summed E-state index contributed by atoms with van der Waals surface area (Å²) in [6.07, 6.45) is -4.55. The van der Waals surface area contributed by atoms with Gasteiger partial charge in [-0.3, -0.25) is 9.59 Å². The Morgan fingerprint density at radius 3 is 2.61 bits per heavy atom. The molecule has 5 nitrogen and oxygen atoms in total. The summed E-state index contributed by atoms with van der Waals surface area (Å²) < 4.78 is 39.4. The summed E-state index contributed by atoms with van der Waals surface area (Å²) in [6, 6.07) is 2.98. The van der Waals surface area contributed by atoms with Gasteiger partial charge in [0.15, 0.2) is 6.29 Å². The summed E-state index contributed by atoms with van der Waals surface area (Å²) >= 11 is 0. The monoisotopic (exact) mass is 263 g/mol. The summed E-state index contributed by atoms with van der Waals surface area (Å²) in [5.41, 5.74) is -0.0140. The van der Waals surface area contributed by atoms with Crippen molar-refractivity contribution in [2.75, 3.05) is 11.9 Å². The van der Waals surface area contributed by atoms with Crippen molar-refractivity contribution in [2.45, 2.75) is 6.36 Å². The van der Waals surface area contributed by atoms with Gasteiger partial charge in [0.05, 0.1) is 0 Å². The summed E-state index contributed by atoms with van der Waals surface area (Å²) in [5, 5.41) is 10.8. The minimum atomic E-state index is -4.85. The zero-order valence-electron chi connectivity index (χ0n) is 8.82. The number of carboxylic acids is 1. The number of rotatable bonds is 5. The van der Waals surface area contributed by atoms with Gasteiger partial charge in [-0.1, -0.05) is 0 Å². The van der Waals surface area contributed by atoms with Gasteiger partial charge in [-0.25, -0.2) is 0 Å². The van der Waals surface area contributed by atoms with E-state index < -0.39 is 24.6 Å². The first-order valence-electron chi connectivity index (χ1n) is 4.62. The van der Waals surface area contributed by atoms with Crippen molar-refractivity contribution in [3.8, 4) is 5.75 Å². The molecule has 8 heteroatoms. The molecule has 0 aliphatic heterocycles. The number of carbonyl (C=O) groups excluding carboxylic acids is 1. The molecular formula is C10H8F3NO4. The molecule has 2 N–H and O–H groups in total. The van der Waals surface area contributed by atoms with Gasteiger partial charge in [0.2, 0.25) is 0 Å². The Bertz CT molecular complexity index is 459. The van der Waals surface area contributed by atoms with E-state index in [1.807, 2.05) is 0 Å². The third-order valence-corrected chi connectivity index (χ3v) is 1.81. The van der Waals surface area contributed by atoms with Crippen LogP contribution in [0.3, 0.4) is 0 Å². The maximum Gasteiger partial charge on any atom is 0.573 e. The molecule has 18 heavy (non-hydrogen) atoms. The first-order valence-corrected chi connectivity index (χ1v) is 4.62. The standard InChI is InChI=1S/C10H8F3NO4/c11-10(12,13)18-7-1-2-8(6(3-7)5-15)14-4-9(16)17/h1-3,5,14H,4H2,(H,16,17). The van der Waals surface area contributed by atoms with Crippen LogP contribution in [0.15, 0.2) is 18.2 Å². The predicted octanol–water partition coefficient (Wildman–Crippen LogP) is 1.89. The maximum absolute atomic E-state index is 11.9. The number of aldehydes is 1. The number of carboxylic acid groups (broad SMARTS) is 1. The SMILES string of the molecule is O=Cc1cc(OC(F)(F)F)ccc1NCC(=O)O. The van der Waals surface area contributed by atoms with Gasteiger partial charge in [0.1, 0.15) is 12.3 Å². The minimum absolute atomic E-state index is 0.113. The molecule has 0 saturated carbocycles. The third-order valence-electron chi connectivity index (χ3n) is 1.81. The van der Waals surface area contributed by atoms with Crippen LogP contribution in [0.4, 0.5) is 18.9 Å². The second-order valence-electron chi connectivity index (χ2n) is 3.16. The van der Waals surface area contributed by atoms with Crippen LogP contribution in [0.1, 0.15) is 10.4 Å². The molecule has 0 bridgehead atoms. The van der Waals surface area contributed by atoms with Crippen LogP contribution in [-0.4, -0.2) is 30.3 Å². The van der Waals surface area contributed by atoms with Crippen molar-refractivity contribution < 1.29 is 32.6 Å². The first kappa shape index (κ1) is 13.8. The minimum Gasteiger partial charge on any atom is -0.480 e. The number of benzene rings is 1. The molecule has 1 rings (SSSR count). The van der Waals surface area contributed by atoms with E-state index in [1.165, 1.54) is 0 Å². The molecule has 1 aromatic carbocycles. The second-order valence-corrected chi connectivity index (χ2v) is 3.16. The maximum atomic E-state index is 11.9. The lowest BCUT2D eigenvalue weighted by Crippen LogP contribution is -2.17. The van der Waals surface area contributed by atoms with Crippen molar-refractivity contribution >= 4 is 17.9 Å². The van der Waals surface area contributed by atoms with Gasteiger partial charge in [-0.05, 0) is 18.2 Å². The topological polar surface area (TPSA) is 75.6 Å². The van der Waals surface area contributed by atoms with E-state index in [-0.39, 0.29) is 11.3 Å². The molecule has 0 aliphatic rings. The van der Waals surface area contributed by atoms with Gasteiger partial charge >= 0.3 is 12.3 Å². The summed E-state index contributed by atoms with van der Waals surface area (Å²) in [4.78, 5) is 21.0.